The Morgan fingerprint density at radius 1 is 0.781 bits per heavy atom. The van der Waals surface area contributed by atoms with Crippen LogP contribution in [0.2, 0.25) is 0 Å². The third-order valence-corrected chi connectivity index (χ3v) is 4.91. The average molecular weight is 601 g/mol. The van der Waals surface area contributed by atoms with Crippen molar-refractivity contribution in [1.82, 2.24) is 0 Å². The van der Waals surface area contributed by atoms with Gasteiger partial charge in [-0.2, -0.15) is 0 Å². The van der Waals surface area contributed by atoms with Crippen LogP contribution in [0.5, 0.6) is 0 Å². The standard InChI is InChI=1S/C26H31N3.2BrH.Fe/c1-25(2,3)21-11-7-9-13-23(21)27-17-19-15-16-20(29-19)18-28-24-14-10-8-12-22(24)26(4,5)6;;;/h7-15,17-18H,16H2,1-6H3;2*1H;/q;;;+2/p-2. The van der Waals surface area contributed by atoms with E-state index in [0.717, 1.165) is 40.5 Å². The van der Waals surface area contributed by atoms with Crippen molar-refractivity contribution < 1.29 is 11.3 Å². The monoisotopic (exact) mass is 599 g/mol. The first kappa shape index (κ1) is 26.9. The molecule has 0 unspecified atom stereocenters. The summed E-state index contributed by atoms with van der Waals surface area (Å²) in [6, 6.07) is 16.6. The van der Waals surface area contributed by atoms with Gasteiger partial charge in [0.2, 0.25) is 0 Å². The normalized spacial score (nSPS) is 14.5. The van der Waals surface area contributed by atoms with E-state index in [2.05, 4.69) is 117 Å². The molecule has 0 radical (unpaired) electrons. The number of rotatable bonds is 4. The van der Waals surface area contributed by atoms with Gasteiger partial charge in [-0.25, -0.2) is 0 Å². The quantitative estimate of drug-likeness (QED) is 0.248. The number of allylic oxidation sites excluding steroid dienone is 2. The molecule has 0 saturated heterocycles. The van der Waals surface area contributed by atoms with Gasteiger partial charge in [0.25, 0.3) is 0 Å². The molecule has 2 aromatic rings. The molecule has 32 heavy (non-hydrogen) atoms. The van der Waals surface area contributed by atoms with E-state index in [9.17, 15) is 0 Å². The zero-order valence-electron chi connectivity index (χ0n) is 19.5. The predicted molar refractivity (Wildman–Crippen MR) is 145 cm³/mol. The Hall–Kier alpha value is -1.33. The second kappa shape index (κ2) is 12.2. The first-order valence-electron chi connectivity index (χ1n) is 10.5. The molecule has 0 fully saturated rings. The molecule has 0 saturated carbocycles. The molecular formula is C26H31Br2FeN3. The first-order chi connectivity index (χ1) is 15.1. The van der Waals surface area contributed by atoms with Crippen LogP contribution in [0, 0.1) is 0 Å². The van der Waals surface area contributed by atoms with Gasteiger partial charge in [0.15, 0.2) is 0 Å². The molecule has 172 valence electrons. The summed E-state index contributed by atoms with van der Waals surface area (Å²) in [5.74, 6) is 0. The number of hydrogen-bond donors (Lipinski definition) is 0. The molecule has 0 aromatic heterocycles. The van der Waals surface area contributed by atoms with Crippen LogP contribution in [0.1, 0.15) is 59.1 Å². The number of hydrogen-bond acceptors (Lipinski definition) is 3. The van der Waals surface area contributed by atoms with Gasteiger partial charge < -0.3 is 0 Å². The van der Waals surface area contributed by atoms with E-state index < -0.39 is 0 Å². The van der Waals surface area contributed by atoms with Crippen LogP contribution in [0.4, 0.5) is 11.4 Å². The molecule has 0 aliphatic carbocycles. The van der Waals surface area contributed by atoms with Gasteiger partial charge in [0, 0.05) is 12.6 Å². The van der Waals surface area contributed by atoms with Gasteiger partial charge in [-0.15, -0.1) is 0 Å². The van der Waals surface area contributed by atoms with Gasteiger partial charge >= 0.3 is 39.6 Å². The molecule has 1 aliphatic rings. The van der Waals surface area contributed by atoms with Gasteiger partial charge in [-0.1, -0.05) is 84.0 Å². The molecule has 6 heteroatoms. The number of para-hydroxylation sites is 2. The number of halogens is 2. The van der Waals surface area contributed by atoms with E-state index in [4.69, 9.17) is 9.98 Å². The van der Waals surface area contributed by atoms with Crippen molar-refractivity contribution in [3.05, 3.63) is 71.4 Å². The van der Waals surface area contributed by atoms with E-state index in [1.54, 1.807) is 0 Å². The molecule has 3 nitrogen and oxygen atoms in total. The molecule has 1 aliphatic heterocycles. The van der Waals surface area contributed by atoms with E-state index in [0.29, 0.717) is 0 Å². The number of nitrogens with zero attached hydrogens (tertiary/aromatic N) is 3. The third kappa shape index (κ3) is 8.22. The van der Waals surface area contributed by atoms with Crippen LogP contribution in [0.3, 0.4) is 0 Å². The average Bonchev–Trinajstić information content (AvgIpc) is 3.18. The summed E-state index contributed by atoms with van der Waals surface area (Å²) in [5, 5.41) is 0. The van der Waals surface area contributed by atoms with Crippen molar-refractivity contribution >= 4 is 57.7 Å². The second-order valence-corrected chi connectivity index (χ2v) is 15.1. The van der Waals surface area contributed by atoms with Crippen molar-refractivity contribution in [2.75, 3.05) is 0 Å². The summed E-state index contributed by atoms with van der Waals surface area (Å²) in [5.41, 5.74) is 6.43. The third-order valence-electron chi connectivity index (χ3n) is 4.91. The van der Waals surface area contributed by atoms with Crippen molar-refractivity contribution in [2.45, 2.75) is 58.8 Å². The predicted octanol–water partition coefficient (Wildman–Crippen LogP) is 8.80. The molecule has 1 heterocycles. The Morgan fingerprint density at radius 2 is 1.22 bits per heavy atom. The van der Waals surface area contributed by atoms with Crippen molar-refractivity contribution in [3.63, 3.8) is 0 Å². The minimum atomic E-state index is 0.0551. The number of aliphatic imine (C=N–C) groups is 3. The van der Waals surface area contributed by atoms with E-state index in [-0.39, 0.29) is 10.8 Å². The summed E-state index contributed by atoms with van der Waals surface area (Å²) in [4.78, 5) is 14.1. The topological polar surface area (TPSA) is 37.1 Å². The van der Waals surface area contributed by atoms with Gasteiger partial charge in [0.1, 0.15) is 0 Å². The molecule has 3 rings (SSSR count). The van der Waals surface area contributed by atoms with Crippen LogP contribution in [0.15, 0.2) is 75.3 Å². The van der Waals surface area contributed by atoms with E-state index in [1.165, 1.54) is 11.1 Å². The van der Waals surface area contributed by atoms with Crippen LogP contribution >= 0.6 is 28.2 Å². The summed E-state index contributed by atoms with van der Waals surface area (Å²) in [6.45, 7) is 13.2. The summed E-state index contributed by atoms with van der Waals surface area (Å²) >= 11 is 7.00. The molecular weight excluding hydrogens is 570 g/mol. The zero-order valence-corrected chi connectivity index (χ0v) is 23.8. The molecule has 0 N–H and O–H groups in total. The van der Waals surface area contributed by atoms with Gasteiger partial charge in [-0.05, 0) is 34.1 Å². The maximum absolute atomic E-state index is 4.72. The van der Waals surface area contributed by atoms with Crippen LogP contribution < -0.4 is 0 Å². The Labute approximate surface area is 213 Å². The fraction of sp³-hybridized carbons (Fsp3) is 0.346. The summed E-state index contributed by atoms with van der Waals surface area (Å²) < 4.78 is 0. The van der Waals surface area contributed by atoms with Crippen LogP contribution in [0.25, 0.3) is 0 Å². The molecule has 0 bridgehead atoms. The molecule has 0 amide bonds. The summed E-state index contributed by atoms with van der Waals surface area (Å²) in [6.07, 6.45) is 6.61. The van der Waals surface area contributed by atoms with Crippen molar-refractivity contribution in [3.8, 4) is 0 Å². The Balaban J connectivity index is 0.00000114. The van der Waals surface area contributed by atoms with Gasteiger partial charge in [0.05, 0.1) is 29.0 Å². The fourth-order valence-corrected chi connectivity index (χ4v) is 3.35. The van der Waals surface area contributed by atoms with E-state index >= 15 is 0 Å². The first-order valence-corrected chi connectivity index (χ1v) is 15.9. The Kier molecular flexibility index (Phi) is 10.3. The van der Waals surface area contributed by atoms with E-state index in [1.807, 2.05) is 24.6 Å². The summed E-state index contributed by atoms with van der Waals surface area (Å²) in [7, 11) is 0. The zero-order chi connectivity index (χ0) is 23.8. The van der Waals surface area contributed by atoms with Gasteiger partial charge in [-0.3, -0.25) is 15.0 Å². The second-order valence-electron chi connectivity index (χ2n) is 9.54. The Morgan fingerprint density at radius 3 is 1.69 bits per heavy atom. The van der Waals surface area contributed by atoms with Crippen molar-refractivity contribution in [2.24, 2.45) is 15.0 Å². The van der Waals surface area contributed by atoms with Crippen molar-refractivity contribution in [1.29, 1.82) is 0 Å². The van der Waals surface area contributed by atoms with Crippen LogP contribution in [-0.4, -0.2) is 18.1 Å². The minimum absolute atomic E-state index is 0.0551. The maximum atomic E-state index is 4.72. The fourth-order valence-electron chi connectivity index (χ4n) is 3.35. The SMILES string of the molecule is CC(C)(C)c1ccccc1N=CC1=CCC(C=Nc2ccccc2C(C)(C)C)=N1.[Br][Fe][Br]. The number of benzene rings is 2. The molecule has 2 aromatic carbocycles. The molecule has 0 atom stereocenters. The molecule has 0 spiro atoms. The van der Waals surface area contributed by atoms with Crippen LogP contribution in [-0.2, 0) is 22.2 Å². The Bertz CT molecular complexity index is 1030.